The van der Waals surface area contributed by atoms with E-state index in [0.29, 0.717) is 39.4 Å². The van der Waals surface area contributed by atoms with Crippen molar-refractivity contribution in [2.45, 2.75) is 0 Å². The van der Waals surface area contributed by atoms with Crippen LogP contribution in [-0.4, -0.2) is 23.6 Å². The minimum absolute atomic E-state index is 0.276. The van der Waals surface area contributed by atoms with Gasteiger partial charge in [-0.15, -0.1) is 0 Å². The number of nitrogens with zero attached hydrogens (tertiary/aromatic N) is 1. The smallest absolute Gasteiger partial charge is 0.266 e. The van der Waals surface area contributed by atoms with Crippen molar-refractivity contribution in [3.8, 4) is 22.6 Å². The second-order valence-electron chi connectivity index (χ2n) is 8.16. The van der Waals surface area contributed by atoms with Crippen molar-refractivity contribution in [3.63, 3.8) is 0 Å². The van der Waals surface area contributed by atoms with Crippen LogP contribution in [0.4, 0.5) is 5.69 Å². The molecule has 2 aliphatic rings. The molecule has 0 bridgehead atoms. The zero-order valence-corrected chi connectivity index (χ0v) is 18.1. The van der Waals surface area contributed by atoms with Crippen LogP contribution in [0.2, 0.25) is 0 Å². The van der Waals surface area contributed by atoms with Crippen molar-refractivity contribution in [2.75, 3.05) is 4.90 Å². The topological polar surface area (TPSA) is 92.8 Å². The van der Waals surface area contributed by atoms with Crippen molar-refractivity contribution >= 4 is 29.3 Å². The molecule has 0 radical (unpaired) electrons. The van der Waals surface area contributed by atoms with E-state index in [4.69, 9.17) is 4.74 Å². The summed E-state index contributed by atoms with van der Waals surface area (Å²) in [6, 6.07) is 25.9. The van der Waals surface area contributed by atoms with E-state index in [1.54, 1.807) is 60.7 Å². The van der Waals surface area contributed by atoms with E-state index in [-0.39, 0.29) is 11.1 Å². The van der Waals surface area contributed by atoms with Gasteiger partial charge in [0.25, 0.3) is 23.6 Å². The number of benzene rings is 4. The summed E-state index contributed by atoms with van der Waals surface area (Å²) in [7, 11) is 0. The number of hydrogen-bond donors (Lipinski definition) is 1. The number of para-hydroxylation sites is 1. The fraction of sp³-hybridized carbons (Fsp3) is 0. The second kappa shape index (κ2) is 7.78. The summed E-state index contributed by atoms with van der Waals surface area (Å²) < 4.78 is 5.78. The van der Waals surface area contributed by atoms with E-state index in [1.807, 2.05) is 30.3 Å². The van der Waals surface area contributed by atoms with Crippen LogP contribution in [0.5, 0.6) is 11.5 Å². The summed E-state index contributed by atoms with van der Waals surface area (Å²) in [4.78, 5) is 51.2. The molecule has 6 rings (SSSR count). The molecule has 0 atom stereocenters. The van der Waals surface area contributed by atoms with E-state index in [9.17, 15) is 19.2 Å². The molecule has 0 aromatic heterocycles. The standard InChI is InChI=1S/C28H16N2O5/c31-25-21-12-6-16(14-23(21)26(32)29-25)17-7-13-22-24(15-17)28(34)30(27(22)33)18-8-10-20(11-9-18)35-19-4-2-1-3-5-19/h1-15H,(H,29,31,32). The zero-order chi connectivity index (χ0) is 24.1. The lowest BCUT2D eigenvalue weighted by Gasteiger charge is -2.14. The van der Waals surface area contributed by atoms with Crippen LogP contribution >= 0.6 is 0 Å². The van der Waals surface area contributed by atoms with Crippen LogP contribution in [0.1, 0.15) is 41.4 Å². The molecule has 7 nitrogen and oxygen atoms in total. The van der Waals surface area contributed by atoms with Crippen LogP contribution in [0.15, 0.2) is 91.0 Å². The first-order valence-corrected chi connectivity index (χ1v) is 10.9. The second-order valence-corrected chi connectivity index (χ2v) is 8.16. The Bertz CT molecular complexity index is 1560. The number of imide groups is 2. The van der Waals surface area contributed by atoms with Gasteiger partial charge >= 0.3 is 0 Å². The summed E-state index contributed by atoms with van der Waals surface area (Å²) in [5, 5.41) is 2.26. The summed E-state index contributed by atoms with van der Waals surface area (Å²) in [6.45, 7) is 0. The van der Waals surface area contributed by atoms with Crippen molar-refractivity contribution in [3.05, 3.63) is 113 Å². The van der Waals surface area contributed by atoms with Gasteiger partial charge in [0, 0.05) is 0 Å². The highest BCUT2D eigenvalue weighted by atomic mass is 16.5. The molecule has 4 aromatic rings. The molecule has 0 aliphatic carbocycles. The Balaban J connectivity index is 1.29. The molecule has 1 N–H and O–H groups in total. The predicted molar refractivity (Wildman–Crippen MR) is 128 cm³/mol. The monoisotopic (exact) mass is 460 g/mol. The Morgan fingerprint density at radius 2 is 1.11 bits per heavy atom. The first-order valence-electron chi connectivity index (χ1n) is 10.9. The van der Waals surface area contributed by atoms with Gasteiger partial charge in [-0.3, -0.25) is 24.5 Å². The van der Waals surface area contributed by atoms with Gasteiger partial charge in [-0.1, -0.05) is 30.3 Å². The van der Waals surface area contributed by atoms with Gasteiger partial charge in [0.2, 0.25) is 0 Å². The van der Waals surface area contributed by atoms with E-state index in [0.717, 1.165) is 4.90 Å². The van der Waals surface area contributed by atoms with E-state index < -0.39 is 23.6 Å². The molecule has 4 amide bonds. The van der Waals surface area contributed by atoms with Crippen LogP contribution in [0.3, 0.4) is 0 Å². The van der Waals surface area contributed by atoms with Crippen molar-refractivity contribution in [2.24, 2.45) is 0 Å². The number of carbonyl (C=O) groups is 4. The molecule has 0 fully saturated rings. The number of anilines is 1. The molecular weight excluding hydrogens is 444 g/mol. The number of fused-ring (bicyclic) bond motifs is 2. The van der Waals surface area contributed by atoms with Crippen LogP contribution in [0.25, 0.3) is 11.1 Å². The third-order valence-electron chi connectivity index (χ3n) is 6.03. The molecule has 0 spiro atoms. The minimum Gasteiger partial charge on any atom is -0.457 e. The fourth-order valence-electron chi connectivity index (χ4n) is 4.29. The molecule has 0 saturated carbocycles. The van der Waals surface area contributed by atoms with Gasteiger partial charge in [-0.05, 0) is 71.8 Å². The number of ether oxygens (including phenoxy) is 1. The first-order chi connectivity index (χ1) is 17.0. The largest absolute Gasteiger partial charge is 0.457 e. The average molecular weight is 460 g/mol. The summed E-state index contributed by atoms with van der Waals surface area (Å²) in [5.41, 5.74) is 2.94. The Morgan fingerprint density at radius 1 is 0.543 bits per heavy atom. The van der Waals surface area contributed by atoms with Gasteiger partial charge in [-0.25, -0.2) is 4.90 Å². The predicted octanol–water partition coefficient (Wildman–Crippen LogP) is 4.83. The lowest BCUT2D eigenvalue weighted by Crippen LogP contribution is -2.29. The number of nitrogens with one attached hydrogen (secondary N) is 1. The quantitative estimate of drug-likeness (QED) is 0.441. The molecular formula is C28H16N2O5. The molecule has 168 valence electrons. The van der Waals surface area contributed by atoms with E-state index in [2.05, 4.69) is 5.32 Å². The van der Waals surface area contributed by atoms with Gasteiger partial charge in [0.1, 0.15) is 11.5 Å². The van der Waals surface area contributed by atoms with E-state index >= 15 is 0 Å². The van der Waals surface area contributed by atoms with Gasteiger partial charge in [0.05, 0.1) is 27.9 Å². The maximum Gasteiger partial charge on any atom is 0.266 e. The van der Waals surface area contributed by atoms with Crippen LogP contribution < -0.4 is 15.0 Å². The maximum absolute atomic E-state index is 13.2. The van der Waals surface area contributed by atoms with Crippen LogP contribution in [0, 0.1) is 0 Å². The lowest BCUT2D eigenvalue weighted by molar-refractivity contribution is 0.0874. The molecule has 2 heterocycles. The number of carbonyl (C=O) groups excluding carboxylic acids is 4. The molecule has 4 aromatic carbocycles. The Kier molecular flexibility index (Phi) is 4.57. The molecule has 35 heavy (non-hydrogen) atoms. The molecule has 0 saturated heterocycles. The van der Waals surface area contributed by atoms with Crippen molar-refractivity contribution < 1.29 is 23.9 Å². The van der Waals surface area contributed by atoms with Gasteiger partial charge in [-0.2, -0.15) is 0 Å². The SMILES string of the molecule is O=C1NC(=O)c2cc(-c3ccc4c(c3)C(=O)N(c3ccc(Oc5ccccc5)cc3)C4=O)ccc21. The number of hydrogen-bond acceptors (Lipinski definition) is 5. The fourth-order valence-corrected chi connectivity index (χ4v) is 4.29. The Labute approximate surface area is 199 Å². The first kappa shape index (κ1) is 20.6. The third-order valence-corrected chi connectivity index (χ3v) is 6.03. The number of rotatable bonds is 4. The van der Waals surface area contributed by atoms with Gasteiger partial charge in [0.15, 0.2) is 0 Å². The van der Waals surface area contributed by atoms with Gasteiger partial charge < -0.3 is 4.74 Å². The van der Waals surface area contributed by atoms with Crippen molar-refractivity contribution in [1.29, 1.82) is 0 Å². The highest BCUT2D eigenvalue weighted by Crippen LogP contribution is 2.34. The molecule has 7 heteroatoms. The third kappa shape index (κ3) is 3.38. The summed E-state index contributed by atoms with van der Waals surface area (Å²) in [5.74, 6) is -0.461. The number of amides is 4. The normalized spacial score (nSPS) is 14.1. The van der Waals surface area contributed by atoms with Crippen LogP contribution in [-0.2, 0) is 0 Å². The highest BCUT2D eigenvalue weighted by Gasteiger charge is 2.37. The lowest BCUT2D eigenvalue weighted by atomic mass is 9.97. The molecule has 0 unspecified atom stereocenters. The maximum atomic E-state index is 13.2. The summed E-state index contributed by atoms with van der Waals surface area (Å²) >= 11 is 0. The zero-order valence-electron chi connectivity index (χ0n) is 18.1. The Morgan fingerprint density at radius 3 is 1.83 bits per heavy atom. The highest BCUT2D eigenvalue weighted by molar-refractivity contribution is 6.34. The minimum atomic E-state index is -0.454. The van der Waals surface area contributed by atoms with Crippen molar-refractivity contribution in [1.82, 2.24) is 5.32 Å². The van der Waals surface area contributed by atoms with E-state index in [1.165, 1.54) is 0 Å². The average Bonchev–Trinajstić information content (AvgIpc) is 3.31. The molecule has 2 aliphatic heterocycles. The Hall–Kier alpha value is -5.04. The summed E-state index contributed by atoms with van der Waals surface area (Å²) in [6.07, 6.45) is 0.